The van der Waals surface area contributed by atoms with E-state index in [9.17, 15) is 19.8 Å². The number of likely N-dealkylation sites (tertiary alicyclic amines) is 1. The van der Waals surface area contributed by atoms with Crippen LogP contribution in [-0.2, 0) is 32.6 Å². The van der Waals surface area contributed by atoms with Crippen molar-refractivity contribution in [2.24, 2.45) is 5.92 Å². The maximum Gasteiger partial charge on any atom is 0.157 e. The van der Waals surface area contributed by atoms with Crippen LogP contribution in [0, 0.1) is 5.92 Å². The zero-order valence-electron chi connectivity index (χ0n) is 31.3. The molecule has 52 heavy (non-hydrogen) atoms. The SMILES string of the molecule is CN1CCC(c2nccs2)(c2cc(CCOCCC=O)ccc2O)CC1.CNc1c(O)ccc(CCNCCN(C)CC2CCCC2)c1OCC=O. The van der Waals surface area contributed by atoms with Crippen LogP contribution in [0.15, 0.2) is 41.9 Å². The molecule has 1 saturated carbocycles. The smallest absolute Gasteiger partial charge is 0.157 e. The number of anilines is 1. The normalized spacial score (nSPS) is 16.0. The van der Waals surface area contributed by atoms with Crippen molar-refractivity contribution in [3.8, 4) is 17.2 Å². The van der Waals surface area contributed by atoms with Crippen molar-refractivity contribution < 1.29 is 29.3 Å². The summed E-state index contributed by atoms with van der Waals surface area (Å²) in [5.74, 6) is 1.91. The summed E-state index contributed by atoms with van der Waals surface area (Å²) in [6.07, 6.45) is 12.9. The first-order chi connectivity index (χ1) is 25.3. The maximum absolute atomic E-state index is 10.7. The van der Waals surface area contributed by atoms with E-state index in [1.165, 1.54) is 32.2 Å². The molecule has 0 unspecified atom stereocenters. The fraction of sp³-hybridized carbons (Fsp3) is 0.575. The van der Waals surface area contributed by atoms with Crippen molar-refractivity contribution in [3.05, 3.63) is 63.6 Å². The van der Waals surface area contributed by atoms with Crippen LogP contribution in [0.4, 0.5) is 5.69 Å². The summed E-state index contributed by atoms with van der Waals surface area (Å²) in [4.78, 5) is 30.3. The van der Waals surface area contributed by atoms with Gasteiger partial charge in [0.1, 0.15) is 40.8 Å². The van der Waals surface area contributed by atoms with Crippen molar-refractivity contribution in [2.45, 2.75) is 63.2 Å². The quantitative estimate of drug-likeness (QED) is 0.0686. The Labute approximate surface area is 313 Å². The minimum absolute atomic E-state index is 0.0233. The zero-order valence-corrected chi connectivity index (χ0v) is 32.1. The first-order valence-corrected chi connectivity index (χ1v) is 19.6. The van der Waals surface area contributed by atoms with Crippen LogP contribution in [-0.4, -0.2) is 118 Å². The average Bonchev–Trinajstić information content (AvgIpc) is 3.88. The Bertz CT molecular complexity index is 1490. The van der Waals surface area contributed by atoms with Gasteiger partial charge in [0.15, 0.2) is 6.29 Å². The van der Waals surface area contributed by atoms with Crippen LogP contribution in [0.5, 0.6) is 17.2 Å². The van der Waals surface area contributed by atoms with Gasteiger partial charge in [0.2, 0.25) is 0 Å². The Kier molecular flexibility index (Phi) is 17.3. The molecule has 0 bridgehead atoms. The van der Waals surface area contributed by atoms with Gasteiger partial charge in [0.05, 0.1) is 18.6 Å². The predicted octanol–water partition coefficient (Wildman–Crippen LogP) is 5.27. The first-order valence-electron chi connectivity index (χ1n) is 18.7. The molecule has 3 aromatic rings. The van der Waals surface area contributed by atoms with Crippen LogP contribution >= 0.6 is 11.3 Å². The number of carbonyl (C=O) groups excluding carboxylic acids is 2. The minimum atomic E-state index is -0.223. The second-order valence-corrected chi connectivity index (χ2v) is 14.9. The van der Waals surface area contributed by atoms with Gasteiger partial charge in [-0.25, -0.2) is 4.98 Å². The van der Waals surface area contributed by atoms with Gasteiger partial charge in [-0.15, -0.1) is 11.3 Å². The average molecular weight is 738 g/mol. The summed E-state index contributed by atoms with van der Waals surface area (Å²) >= 11 is 1.67. The standard InChI is InChI=1S/C20H33N3O3.C20H26N2O3S/c1-21-19-18(25)8-7-17(20(19)26-14-13-24)9-10-22-11-12-23(2)15-16-5-3-4-6-16;1-22-9-6-20(7-10-22,19-21-8-14-26-19)17-15-16(3-4-18(17)24)5-13-25-12-2-11-23/h7-8,13,16,21-22,25H,3-6,9-12,14-15H2,1-2H3;3-4,8,11,14-15,24H,2,5-7,9-10,12-13H2,1H3. The highest BCUT2D eigenvalue weighted by molar-refractivity contribution is 7.09. The number of aldehydes is 2. The third-order valence-electron chi connectivity index (χ3n) is 10.2. The van der Waals surface area contributed by atoms with Crippen LogP contribution in [0.3, 0.4) is 0 Å². The Balaban J connectivity index is 0.000000233. The van der Waals surface area contributed by atoms with Gasteiger partial charge in [0, 0.05) is 50.2 Å². The number of rotatable bonds is 20. The molecule has 286 valence electrons. The van der Waals surface area contributed by atoms with E-state index in [4.69, 9.17) is 9.47 Å². The molecule has 4 N–H and O–H groups in total. The van der Waals surface area contributed by atoms with Crippen molar-refractivity contribution in [1.82, 2.24) is 20.1 Å². The van der Waals surface area contributed by atoms with E-state index < -0.39 is 0 Å². The van der Waals surface area contributed by atoms with Gasteiger partial charge in [-0.05, 0) is 101 Å². The second kappa shape index (κ2) is 21.9. The fourth-order valence-electron chi connectivity index (χ4n) is 7.28. The van der Waals surface area contributed by atoms with E-state index in [1.54, 1.807) is 30.5 Å². The Morgan fingerprint density at radius 3 is 2.50 bits per heavy atom. The Morgan fingerprint density at radius 2 is 1.81 bits per heavy atom. The third-order valence-corrected chi connectivity index (χ3v) is 11.2. The number of ether oxygens (including phenoxy) is 2. The summed E-state index contributed by atoms with van der Waals surface area (Å²) in [5.41, 5.74) is 3.39. The number of phenols is 2. The second-order valence-electron chi connectivity index (χ2n) is 14.0. The summed E-state index contributed by atoms with van der Waals surface area (Å²) in [7, 11) is 6.06. The number of nitrogens with one attached hydrogen (secondary N) is 2. The van der Waals surface area contributed by atoms with E-state index in [1.807, 2.05) is 23.7 Å². The molecule has 2 fully saturated rings. The number of aromatic nitrogens is 1. The molecular weight excluding hydrogens is 679 g/mol. The number of aromatic hydroxyl groups is 2. The number of likely N-dealkylation sites (N-methyl/N-ethyl adjacent to an activating group) is 1. The number of benzene rings is 2. The number of hydrogen-bond donors (Lipinski definition) is 4. The highest BCUT2D eigenvalue weighted by Gasteiger charge is 2.41. The van der Waals surface area contributed by atoms with Crippen LogP contribution in [0.2, 0.25) is 0 Å². The molecule has 0 spiro atoms. The molecular formula is C40H59N5O6S. The summed E-state index contributed by atoms with van der Waals surface area (Å²) in [5, 5.41) is 30.1. The monoisotopic (exact) mass is 737 g/mol. The highest BCUT2D eigenvalue weighted by atomic mass is 32.1. The van der Waals surface area contributed by atoms with E-state index in [2.05, 4.69) is 45.6 Å². The van der Waals surface area contributed by atoms with Gasteiger partial charge < -0.3 is 44.9 Å². The molecule has 0 atom stereocenters. The minimum Gasteiger partial charge on any atom is -0.508 e. The maximum atomic E-state index is 10.7. The molecule has 2 aliphatic rings. The lowest BCUT2D eigenvalue weighted by molar-refractivity contribution is -0.110. The molecule has 5 rings (SSSR count). The molecule has 12 heteroatoms. The third kappa shape index (κ3) is 12.0. The molecule has 11 nitrogen and oxygen atoms in total. The van der Waals surface area contributed by atoms with Gasteiger partial charge in [-0.3, -0.25) is 4.79 Å². The van der Waals surface area contributed by atoms with Gasteiger partial charge in [-0.1, -0.05) is 31.0 Å². The van der Waals surface area contributed by atoms with E-state index in [0.717, 1.165) is 92.3 Å². The molecule has 1 aromatic heterocycles. The number of phenolic OH excluding ortho intramolecular Hbond substituents is 2. The summed E-state index contributed by atoms with van der Waals surface area (Å²) in [6.45, 7) is 7.00. The largest absolute Gasteiger partial charge is 0.508 e. The fourth-order valence-corrected chi connectivity index (χ4v) is 8.20. The lowest BCUT2D eigenvalue weighted by Crippen LogP contribution is -2.41. The highest BCUT2D eigenvalue weighted by Crippen LogP contribution is 2.46. The number of hydrogen-bond acceptors (Lipinski definition) is 12. The molecule has 2 heterocycles. The topological polar surface area (TPSA) is 136 Å². The van der Waals surface area contributed by atoms with Crippen molar-refractivity contribution in [2.75, 3.05) is 85.5 Å². The molecule has 1 aliphatic heterocycles. The molecule has 0 radical (unpaired) electrons. The van der Waals surface area contributed by atoms with Crippen LogP contribution in [0.25, 0.3) is 0 Å². The molecule has 1 saturated heterocycles. The van der Waals surface area contributed by atoms with Crippen molar-refractivity contribution >= 4 is 29.6 Å². The number of nitrogens with zero attached hydrogens (tertiary/aromatic N) is 3. The summed E-state index contributed by atoms with van der Waals surface area (Å²) in [6, 6.07) is 9.37. The molecule has 1 aliphatic carbocycles. The van der Waals surface area contributed by atoms with E-state index in [-0.39, 0.29) is 17.8 Å². The zero-order chi connectivity index (χ0) is 37.2. The van der Waals surface area contributed by atoms with Crippen LogP contribution < -0.4 is 15.4 Å². The van der Waals surface area contributed by atoms with Gasteiger partial charge in [0.25, 0.3) is 0 Å². The number of thiazole rings is 1. The Hall–Kier alpha value is -3.55. The number of carbonyl (C=O) groups is 2. The summed E-state index contributed by atoms with van der Waals surface area (Å²) < 4.78 is 11.0. The van der Waals surface area contributed by atoms with Crippen LogP contribution in [0.1, 0.15) is 66.6 Å². The van der Waals surface area contributed by atoms with Crippen molar-refractivity contribution in [3.63, 3.8) is 0 Å². The lowest BCUT2D eigenvalue weighted by Gasteiger charge is -2.40. The predicted molar refractivity (Wildman–Crippen MR) is 208 cm³/mol. The van der Waals surface area contributed by atoms with E-state index in [0.29, 0.717) is 43.1 Å². The van der Waals surface area contributed by atoms with Gasteiger partial charge in [-0.2, -0.15) is 0 Å². The van der Waals surface area contributed by atoms with Crippen molar-refractivity contribution in [1.29, 1.82) is 0 Å². The van der Waals surface area contributed by atoms with Gasteiger partial charge >= 0.3 is 0 Å². The molecule has 0 amide bonds. The first kappa shape index (κ1) is 41.2. The Morgan fingerprint density at radius 1 is 1.04 bits per heavy atom. The van der Waals surface area contributed by atoms with E-state index >= 15 is 0 Å². The molecule has 2 aromatic carbocycles. The number of piperidine rings is 1. The lowest BCUT2D eigenvalue weighted by atomic mass is 9.72.